The minimum Gasteiger partial charge on any atom is -0.349 e. The summed E-state index contributed by atoms with van der Waals surface area (Å²) in [4.78, 5) is 22.6. The molecule has 13 heavy (non-hydrogen) atoms. The van der Waals surface area contributed by atoms with E-state index < -0.39 is 0 Å². The second-order valence-corrected chi connectivity index (χ2v) is 4.67. The van der Waals surface area contributed by atoms with E-state index in [2.05, 4.69) is 5.32 Å². The Balaban J connectivity index is 2.25. The molecule has 0 aromatic carbocycles. The minimum atomic E-state index is -0.350. The number of rotatable bonds is 3. The van der Waals surface area contributed by atoms with Gasteiger partial charge in [0.2, 0.25) is 5.91 Å². The first kappa shape index (κ1) is 10.2. The van der Waals surface area contributed by atoms with Gasteiger partial charge in [-0.1, -0.05) is 20.8 Å². The van der Waals surface area contributed by atoms with E-state index in [0.29, 0.717) is 0 Å². The highest BCUT2D eigenvalue weighted by molar-refractivity contribution is 5.90. The van der Waals surface area contributed by atoms with Crippen LogP contribution in [0.5, 0.6) is 0 Å². The average molecular weight is 183 g/mol. The van der Waals surface area contributed by atoms with E-state index in [1.807, 2.05) is 20.8 Å². The van der Waals surface area contributed by atoms with E-state index in [0.717, 1.165) is 12.8 Å². The Morgan fingerprint density at radius 2 is 1.85 bits per heavy atom. The van der Waals surface area contributed by atoms with Crippen LogP contribution in [0.4, 0.5) is 0 Å². The average Bonchev–Trinajstić information content (AvgIpc) is 2.79. The Morgan fingerprint density at radius 1 is 1.31 bits per heavy atom. The number of hydrogen-bond donors (Lipinski definition) is 1. The van der Waals surface area contributed by atoms with Crippen LogP contribution in [-0.4, -0.2) is 18.2 Å². The lowest BCUT2D eigenvalue weighted by Gasteiger charge is -2.16. The number of carbonyl (C=O) groups is 2. The van der Waals surface area contributed by atoms with Crippen molar-refractivity contribution in [2.75, 3.05) is 6.54 Å². The van der Waals surface area contributed by atoms with Gasteiger partial charge in [-0.25, -0.2) is 0 Å². The number of hydrogen-bond acceptors (Lipinski definition) is 2. The smallest absolute Gasteiger partial charge is 0.223 e. The van der Waals surface area contributed by atoms with Crippen molar-refractivity contribution in [1.82, 2.24) is 5.32 Å². The largest absolute Gasteiger partial charge is 0.349 e. The van der Waals surface area contributed by atoms with Gasteiger partial charge in [0, 0.05) is 11.3 Å². The highest BCUT2D eigenvalue weighted by atomic mass is 16.2. The number of carbonyl (C=O) groups excluding carboxylic acids is 2. The molecule has 1 saturated carbocycles. The molecule has 0 aromatic rings. The van der Waals surface area contributed by atoms with Gasteiger partial charge in [0.25, 0.3) is 0 Å². The maximum atomic E-state index is 11.4. The van der Waals surface area contributed by atoms with Crippen molar-refractivity contribution in [3.05, 3.63) is 0 Å². The van der Waals surface area contributed by atoms with Crippen LogP contribution in [0.1, 0.15) is 33.6 Å². The monoisotopic (exact) mass is 183 g/mol. The van der Waals surface area contributed by atoms with E-state index >= 15 is 0 Å². The first-order valence-electron chi connectivity index (χ1n) is 4.72. The van der Waals surface area contributed by atoms with E-state index in [-0.39, 0.29) is 29.6 Å². The molecule has 0 radical (unpaired) electrons. The quantitative estimate of drug-likeness (QED) is 0.713. The molecule has 1 aliphatic rings. The maximum Gasteiger partial charge on any atom is 0.223 e. The van der Waals surface area contributed by atoms with Crippen LogP contribution < -0.4 is 5.32 Å². The highest BCUT2D eigenvalue weighted by Crippen LogP contribution is 2.28. The normalized spacial score (nSPS) is 16.8. The zero-order valence-corrected chi connectivity index (χ0v) is 8.52. The topological polar surface area (TPSA) is 46.2 Å². The summed E-state index contributed by atoms with van der Waals surface area (Å²) in [6, 6.07) is 0. The lowest BCUT2D eigenvalue weighted by Crippen LogP contribution is -2.36. The van der Waals surface area contributed by atoms with Gasteiger partial charge >= 0.3 is 0 Å². The molecule has 0 spiro atoms. The molecule has 0 bridgehead atoms. The van der Waals surface area contributed by atoms with Gasteiger partial charge in [-0.15, -0.1) is 0 Å². The van der Waals surface area contributed by atoms with E-state index in [1.165, 1.54) is 0 Å². The van der Waals surface area contributed by atoms with Gasteiger partial charge in [-0.2, -0.15) is 0 Å². The summed E-state index contributed by atoms with van der Waals surface area (Å²) in [5.41, 5.74) is -0.350. The van der Waals surface area contributed by atoms with Crippen LogP contribution in [-0.2, 0) is 9.59 Å². The van der Waals surface area contributed by atoms with Gasteiger partial charge in [0.15, 0.2) is 5.78 Å². The molecule has 0 unspecified atom stereocenters. The number of nitrogens with one attached hydrogen (secondary N) is 1. The second kappa shape index (κ2) is 3.48. The molecule has 0 atom stereocenters. The third-order valence-corrected chi connectivity index (χ3v) is 2.21. The molecule has 3 heteroatoms. The molecule has 0 heterocycles. The molecule has 1 aliphatic carbocycles. The Bertz CT molecular complexity index is 224. The molecular weight excluding hydrogens is 166 g/mol. The Hall–Kier alpha value is -0.860. The molecule has 0 aromatic heterocycles. The number of Topliss-reactive ketones (excluding diaryl/α,β-unsaturated/α-hetero) is 1. The lowest BCUT2D eigenvalue weighted by atomic mass is 9.91. The summed E-state index contributed by atoms with van der Waals surface area (Å²) in [5, 5.41) is 2.66. The molecule has 3 nitrogen and oxygen atoms in total. The van der Waals surface area contributed by atoms with E-state index in [9.17, 15) is 9.59 Å². The first-order valence-corrected chi connectivity index (χ1v) is 4.72. The summed E-state index contributed by atoms with van der Waals surface area (Å²) >= 11 is 0. The van der Waals surface area contributed by atoms with Crippen LogP contribution in [0.25, 0.3) is 0 Å². The van der Waals surface area contributed by atoms with E-state index in [1.54, 1.807) is 0 Å². The maximum absolute atomic E-state index is 11.4. The van der Waals surface area contributed by atoms with Gasteiger partial charge in [0.05, 0.1) is 6.54 Å². The van der Waals surface area contributed by atoms with Crippen molar-refractivity contribution in [1.29, 1.82) is 0 Å². The SMILES string of the molecule is CC(C)(C)C(=O)CNC(=O)C1CC1. The van der Waals surface area contributed by atoms with Gasteiger partial charge < -0.3 is 5.32 Å². The summed E-state index contributed by atoms with van der Waals surface area (Å²) in [5.74, 6) is 0.312. The molecule has 1 rings (SSSR count). The minimum absolute atomic E-state index is 0.0394. The predicted octanol–water partition coefficient (Wildman–Crippen LogP) is 1.13. The van der Waals surface area contributed by atoms with Crippen LogP contribution in [0.15, 0.2) is 0 Å². The highest BCUT2D eigenvalue weighted by Gasteiger charge is 2.30. The zero-order chi connectivity index (χ0) is 10.1. The predicted molar refractivity (Wildman–Crippen MR) is 50.2 cm³/mol. The van der Waals surface area contributed by atoms with Gasteiger partial charge in [-0.3, -0.25) is 9.59 Å². The van der Waals surface area contributed by atoms with Crippen molar-refractivity contribution in [3.8, 4) is 0 Å². The Morgan fingerprint density at radius 3 is 2.23 bits per heavy atom. The van der Waals surface area contributed by atoms with Crippen molar-refractivity contribution in [2.45, 2.75) is 33.6 Å². The second-order valence-electron chi connectivity index (χ2n) is 4.67. The Kier molecular flexibility index (Phi) is 2.74. The van der Waals surface area contributed by atoms with Crippen molar-refractivity contribution >= 4 is 11.7 Å². The standard InChI is InChI=1S/C10H17NO2/c1-10(2,3)8(12)6-11-9(13)7-4-5-7/h7H,4-6H2,1-3H3,(H,11,13). The Labute approximate surface area is 78.9 Å². The first-order chi connectivity index (χ1) is 5.91. The van der Waals surface area contributed by atoms with Crippen LogP contribution >= 0.6 is 0 Å². The van der Waals surface area contributed by atoms with Crippen LogP contribution in [0, 0.1) is 11.3 Å². The third-order valence-electron chi connectivity index (χ3n) is 2.21. The molecule has 74 valence electrons. The van der Waals surface area contributed by atoms with Crippen LogP contribution in [0.3, 0.4) is 0 Å². The van der Waals surface area contributed by atoms with E-state index in [4.69, 9.17) is 0 Å². The summed E-state index contributed by atoms with van der Waals surface area (Å²) in [6.07, 6.45) is 1.96. The molecule has 1 fully saturated rings. The fourth-order valence-electron chi connectivity index (χ4n) is 0.922. The molecule has 1 N–H and O–H groups in total. The van der Waals surface area contributed by atoms with Crippen molar-refractivity contribution in [2.24, 2.45) is 11.3 Å². The third kappa shape index (κ3) is 3.17. The number of amides is 1. The van der Waals surface area contributed by atoms with Crippen molar-refractivity contribution in [3.63, 3.8) is 0 Å². The van der Waals surface area contributed by atoms with Gasteiger partial charge in [-0.05, 0) is 12.8 Å². The lowest BCUT2D eigenvalue weighted by molar-refractivity contribution is -0.129. The fourth-order valence-corrected chi connectivity index (χ4v) is 0.922. The summed E-state index contributed by atoms with van der Waals surface area (Å²) in [6.45, 7) is 5.76. The summed E-state index contributed by atoms with van der Waals surface area (Å²) in [7, 11) is 0. The zero-order valence-electron chi connectivity index (χ0n) is 8.52. The van der Waals surface area contributed by atoms with Crippen LogP contribution in [0.2, 0.25) is 0 Å². The van der Waals surface area contributed by atoms with Crippen molar-refractivity contribution < 1.29 is 9.59 Å². The summed E-state index contributed by atoms with van der Waals surface area (Å²) < 4.78 is 0. The van der Waals surface area contributed by atoms with Gasteiger partial charge in [0.1, 0.15) is 0 Å². The molecule has 1 amide bonds. The molecule has 0 aliphatic heterocycles. The number of ketones is 1. The fraction of sp³-hybridized carbons (Fsp3) is 0.800. The molecular formula is C10H17NO2. The molecule has 0 saturated heterocycles.